The van der Waals surface area contributed by atoms with Crippen molar-refractivity contribution in [3.63, 3.8) is 0 Å². The SMILES string of the molecule is Cc1cccc(COc2cccc(C(=O)CS(=O)(=O)c3ccc(N4CCN(CC5=C(c6ccc(Cl)cc6)CC(C)(C)CC5)CC4)cc3)c2)c1. The lowest BCUT2D eigenvalue weighted by atomic mass is 9.72. The van der Waals surface area contributed by atoms with E-state index in [-0.39, 0.29) is 10.3 Å². The molecule has 256 valence electrons. The average molecular weight is 697 g/mol. The Balaban J connectivity index is 1.04. The lowest BCUT2D eigenvalue weighted by molar-refractivity contribution is 0.102. The number of allylic oxidation sites excluding steroid dienone is 1. The number of benzene rings is 4. The van der Waals surface area contributed by atoms with Crippen LogP contribution in [0, 0.1) is 12.3 Å². The monoisotopic (exact) mass is 696 g/mol. The molecule has 0 unspecified atom stereocenters. The first-order valence-electron chi connectivity index (χ1n) is 17.0. The fourth-order valence-corrected chi connectivity index (χ4v) is 8.18. The molecule has 0 spiro atoms. The maximum atomic E-state index is 13.3. The van der Waals surface area contributed by atoms with Crippen molar-refractivity contribution < 1.29 is 17.9 Å². The third-order valence-electron chi connectivity index (χ3n) is 9.69. The molecule has 0 saturated carbocycles. The van der Waals surface area contributed by atoms with E-state index in [1.807, 2.05) is 55.5 Å². The number of aryl methyl sites for hydroxylation is 1. The third kappa shape index (κ3) is 9.01. The van der Waals surface area contributed by atoms with Crippen molar-refractivity contribution in [2.45, 2.75) is 51.5 Å². The van der Waals surface area contributed by atoms with Crippen molar-refractivity contribution in [2.75, 3.05) is 43.4 Å². The van der Waals surface area contributed by atoms with E-state index in [4.69, 9.17) is 16.3 Å². The summed E-state index contributed by atoms with van der Waals surface area (Å²) < 4.78 is 32.4. The van der Waals surface area contributed by atoms with Gasteiger partial charge in [-0.25, -0.2) is 8.42 Å². The molecule has 6 nitrogen and oxygen atoms in total. The van der Waals surface area contributed by atoms with Crippen molar-refractivity contribution in [3.05, 3.63) is 130 Å². The Morgan fingerprint density at radius 1 is 0.878 bits per heavy atom. The average Bonchev–Trinajstić information content (AvgIpc) is 3.09. The van der Waals surface area contributed by atoms with Crippen molar-refractivity contribution >= 4 is 38.5 Å². The highest BCUT2D eigenvalue weighted by atomic mass is 35.5. The Morgan fingerprint density at radius 3 is 2.31 bits per heavy atom. The van der Waals surface area contributed by atoms with Crippen LogP contribution in [0.4, 0.5) is 5.69 Å². The Labute approximate surface area is 296 Å². The fourth-order valence-electron chi connectivity index (χ4n) is 6.83. The molecule has 0 atom stereocenters. The molecule has 6 rings (SSSR count). The second-order valence-electron chi connectivity index (χ2n) is 14.2. The number of sulfone groups is 1. The molecule has 8 heteroatoms. The number of ketones is 1. The summed E-state index contributed by atoms with van der Waals surface area (Å²) in [4.78, 5) is 18.1. The van der Waals surface area contributed by atoms with Crippen molar-refractivity contribution in [1.29, 1.82) is 0 Å². The minimum Gasteiger partial charge on any atom is -0.489 e. The Hall–Kier alpha value is -3.91. The number of rotatable bonds is 11. The van der Waals surface area contributed by atoms with Gasteiger partial charge in [0.05, 0.1) is 4.90 Å². The Morgan fingerprint density at radius 2 is 1.59 bits per heavy atom. The summed E-state index contributed by atoms with van der Waals surface area (Å²) >= 11 is 6.19. The molecule has 0 aromatic heterocycles. The summed E-state index contributed by atoms with van der Waals surface area (Å²) in [7, 11) is -3.82. The highest BCUT2D eigenvalue weighted by molar-refractivity contribution is 7.92. The summed E-state index contributed by atoms with van der Waals surface area (Å²) in [5.41, 5.74) is 8.02. The number of nitrogens with zero attached hydrogens (tertiary/aromatic N) is 2. The number of carbonyl (C=O) groups is 1. The molecule has 0 radical (unpaired) electrons. The predicted octanol–water partition coefficient (Wildman–Crippen LogP) is 8.67. The van der Waals surface area contributed by atoms with Gasteiger partial charge in [-0.15, -0.1) is 0 Å². The highest BCUT2D eigenvalue weighted by Gasteiger charge is 2.29. The zero-order valence-corrected chi connectivity index (χ0v) is 30.2. The summed E-state index contributed by atoms with van der Waals surface area (Å²) in [6.07, 6.45) is 3.37. The van der Waals surface area contributed by atoms with E-state index < -0.39 is 21.4 Å². The molecule has 4 aromatic carbocycles. The second kappa shape index (κ2) is 14.9. The van der Waals surface area contributed by atoms with E-state index in [0.29, 0.717) is 17.9 Å². The number of hydrogen-bond acceptors (Lipinski definition) is 6. The molecular weight excluding hydrogens is 652 g/mol. The molecule has 1 aliphatic heterocycles. The predicted molar refractivity (Wildman–Crippen MR) is 199 cm³/mol. The van der Waals surface area contributed by atoms with Gasteiger partial charge < -0.3 is 9.64 Å². The van der Waals surface area contributed by atoms with Crippen molar-refractivity contribution in [1.82, 2.24) is 4.90 Å². The van der Waals surface area contributed by atoms with Crippen LogP contribution in [-0.2, 0) is 16.4 Å². The van der Waals surface area contributed by atoms with Crippen molar-refractivity contribution in [2.24, 2.45) is 5.41 Å². The molecule has 2 aliphatic rings. The molecule has 1 heterocycles. The van der Waals surface area contributed by atoms with Crippen LogP contribution in [0.25, 0.3) is 5.57 Å². The lowest BCUT2D eigenvalue weighted by Gasteiger charge is -2.39. The van der Waals surface area contributed by atoms with E-state index >= 15 is 0 Å². The number of carbonyl (C=O) groups excluding carboxylic acids is 1. The first kappa shape index (κ1) is 34.9. The quantitative estimate of drug-likeness (QED) is 0.146. The smallest absolute Gasteiger partial charge is 0.185 e. The number of anilines is 1. The zero-order valence-electron chi connectivity index (χ0n) is 28.6. The number of hydrogen-bond donors (Lipinski definition) is 0. The van der Waals surface area contributed by atoms with Gasteiger partial charge in [0.25, 0.3) is 0 Å². The van der Waals surface area contributed by atoms with Crippen LogP contribution in [0.3, 0.4) is 0 Å². The number of piperazine rings is 1. The van der Waals surface area contributed by atoms with Crippen LogP contribution in [0.2, 0.25) is 5.02 Å². The van der Waals surface area contributed by atoms with Gasteiger partial charge in [-0.3, -0.25) is 9.69 Å². The topological polar surface area (TPSA) is 66.9 Å². The van der Waals surface area contributed by atoms with E-state index in [2.05, 4.69) is 35.8 Å². The maximum Gasteiger partial charge on any atom is 0.185 e. The molecule has 1 fully saturated rings. The van der Waals surface area contributed by atoms with Crippen LogP contribution in [-0.4, -0.2) is 57.6 Å². The molecule has 1 aliphatic carbocycles. The van der Waals surface area contributed by atoms with Gasteiger partial charge in [0.2, 0.25) is 0 Å². The number of Topliss-reactive ketones (excluding diaryl/α,β-unsaturated/α-hetero) is 1. The molecule has 4 aromatic rings. The van der Waals surface area contributed by atoms with E-state index in [0.717, 1.165) is 67.4 Å². The van der Waals surface area contributed by atoms with Gasteiger partial charge in [0, 0.05) is 49.0 Å². The second-order valence-corrected chi connectivity index (χ2v) is 16.6. The molecular formula is C41H45ClN2O4S. The van der Waals surface area contributed by atoms with Gasteiger partial charge in [-0.2, -0.15) is 0 Å². The van der Waals surface area contributed by atoms with E-state index in [9.17, 15) is 13.2 Å². The maximum absolute atomic E-state index is 13.3. The fraction of sp³-hybridized carbons (Fsp3) is 0.341. The zero-order chi connectivity index (χ0) is 34.6. The van der Waals surface area contributed by atoms with Gasteiger partial charge in [-0.05, 0) is 96.8 Å². The Kier molecular flexibility index (Phi) is 10.6. The number of halogens is 1. The molecule has 49 heavy (non-hydrogen) atoms. The molecule has 0 bridgehead atoms. The highest BCUT2D eigenvalue weighted by Crippen LogP contribution is 2.43. The first-order valence-corrected chi connectivity index (χ1v) is 19.1. The van der Waals surface area contributed by atoms with E-state index in [1.165, 1.54) is 23.1 Å². The minimum absolute atomic E-state index is 0.150. The van der Waals surface area contributed by atoms with Gasteiger partial charge in [0.1, 0.15) is 18.1 Å². The van der Waals surface area contributed by atoms with Gasteiger partial charge in [-0.1, -0.05) is 85.1 Å². The van der Waals surface area contributed by atoms with E-state index in [1.54, 1.807) is 36.4 Å². The lowest BCUT2D eigenvalue weighted by Crippen LogP contribution is -2.47. The van der Waals surface area contributed by atoms with Gasteiger partial charge in [0.15, 0.2) is 15.6 Å². The van der Waals surface area contributed by atoms with Crippen LogP contribution < -0.4 is 9.64 Å². The Bertz CT molecular complexity index is 1930. The van der Waals surface area contributed by atoms with Crippen LogP contribution in [0.5, 0.6) is 5.75 Å². The van der Waals surface area contributed by atoms with Gasteiger partial charge >= 0.3 is 0 Å². The summed E-state index contributed by atoms with van der Waals surface area (Å²) in [6.45, 7) is 11.7. The van der Waals surface area contributed by atoms with Crippen LogP contribution in [0.1, 0.15) is 60.2 Å². The normalized spacial score (nSPS) is 16.9. The standard InChI is InChI=1S/C41H45ClN2O4S/c1-30-6-4-7-31(24-30)28-48-37-9-5-8-33(25-37)40(45)29-49(46,47)38-16-14-36(15-17-38)44-22-20-43(21-23-44)27-34-18-19-41(2,3)26-39(34)32-10-12-35(42)13-11-32/h4-17,24-25H,18-23,26-29H2,1-3H3. The third-order valence-corrected chi connectivity index (χ3v) is 11.6. The summed E-state index contributed by atoms with van der Waals surface area (Å²) in [5, 5.41) is 0.762. The summed E-state index contributed by atoms with van der Waals surface area (Å²) in [6, 6.07) is 30.0. The number of ether oxygens (including phenoxy) is 1. The van der Waals surface area contributed by atoms with Crippen LogP contribution >= 0.6 is 11.6 Å². The summed E-state index contributed by atoms with van der Waals surface area (Å²) in [5.74, 6) is -0.537. The largest absolute Gasteiger partial charge is 0.489 e. The molecule has 0 amide bonds. The van der Waals surface area contributed by atoms with Crippen LogP contribution in [0.15, 0.2) is 108 Å². The first-order chi connectivity index (χ1) is 23.4. The minimum atomic E-state index is -3.82. The van der Waals surface area contributed by atoms with Crippen molar-refractivity contribution in [3.8, 4) is 5.75 Å². The molecule has 0 N–H and O–H groups in total. The molecule has 1 saturated heterocycles.